The van der Waals surface area contributed by atoms with Crippen LogP contribution >= 0.6 is 0 Å². The van der Waals surface area contributed by atoms with Gasteiger partial charge in [-0.25, -0.2) is 4.79 Å². The number of hydrogen-bond donors (Lipinski definition) is 0. The predicted octanol–water partition coefficient (Wildman–Crippen LogP) is 5.68. The lowest BCUT2D eigenvalue weighted by Crippen LogP contribution is -2.51. The van der Waals surface area contributed by atoms with E-state index in [4.69, 9.17) is 14.2 Å². The van der Waals surface area contributed by atoms with Crippen LogP contribution < -0.4 is 0 Å². The topological polar surface area (TPSA) is 68.3 Å². The van der Waals surface area contributed by atoms with Crippen LogP contribution in [-0.2, 0) is 25.5 Å². The standard InChI is InChI=1S/C32H38N2O5/c1-5-37-31(38-6-2)23(3)34(20-24-14-8-7-9-15-24)21-25(22-35)33(4)32(36)39-30-28-18-12-10-16-26(28)27-17-11-13-19-29(27)30/h7-19,22-23,25,30-31H,5-6,20-21H2,1-4H3/t23-,25-/m0/s1. The largest absolute Gasteiger partial charge is 0.436 e. The van der Waals surface area contributed by atoms with Crippen molar-refractivity contribution in [3.05, 3.63) is 95.6 Å². The van der Waals surface area contributed by atoms with E-state index in [0.29, 0.717) is 26.3 Å². The Hall–Kier alpha value is -3.52. The van der Waals surface area contributed by atoms with Gasteiger partial charge in [0, 0.05) is 44.5 Å². The van der Waals surface area contributed by atoms with Crippen LogP contribution in [-0.4, -0.2) is 67.4 Å². The van der Waals surface area contributed by atoms with Crippen LogP contribution in [0.4, 0.5) is 4.79 Å². The van der Waals surface area contributed by atoms with Gasteiger partial charge >= 0.3 is 6.09 Å². The molecule has 0 bridgehead atoms. The van der Waals surface area contributed by atoms with Crippen molar-refractivity contribution in [2.45, 2.75) is 51.8 Å². The molecule has 0 heterocycles. The highest BCUT2D eigenvalue weighted by Crippen LogP contribution is 2.45. The van der Waals surface area contributed by atoms with Gasteiger partial charge in [-0.15, -0.1) is 0 Å². The van der Waals surface area contributed by atoms with E-state index in [-0.39, 0.29) is 6.04 Å². The van der Waals surface area contributed by atoms with E-state index >= 15 is 0 Å². The third-order valence-electron chi connectivity index (χ3n) is 7.22. The quantitative estimate of drug-likeness (QED) is 0.209. The van der Waals surface area contributed by atoms with Crippen molar-refractivity contribution >= 4 is 12.4 Å². The number of likely N-dealkylation sites (N-methyl/N-ethyl adjacent to an activating group) is 1. The molecule has 0 aliphatic heterocycles. The maximum atomic E-state index is 13.4. The highest BCUT2D eigenvalue weighted by molar-refractivity contribution is 5.80. The Kier molecular flexibility index (Phi) is 9.87. The molecule has 206 valence electrons. The second-order valence-corrected chi connectivity index (χ2v) is 9.69. The first-order valence-corrected chi connectivity index (χ1v) is 13.6. The smallest absolute Gasteiger partial charge is 0.411 e. The Balaban J connectivity index is 1.53. The molecule has 1 aliphatic carbocycles. The SMILES string of the molecule is CCOC(OCC)[C@H](C)N(Cc1ccccc1)C[C@@H](C=O)N(C)C(=O)OC1c2ccccc2-c2ccccc21. The van der Waals surface area contributed by atoms with Gasteiger partial charge in [0.2, 0.25) is 0 Å². The minimum atomic E-state index is -0.737. The van der Waals surface area contributed by atoms with Crippen molar-refractivity contribution < 1.29 is 23.8 Å². The Morgan fingerprint density at radius 2 is 1.41 bits per heavy atom. The minimum absolute atomic E-state index is 0.175. The van der Waals surface area contributed by atoms with Crippen LogP contribution in [0.1, 0.15) is 43.6 Å². The summed E-state index contributed by atoms with van der Waals surface area (Å²) in [5, 5.41) is 0. The lowest BCUT2D eigenvalue weighted by molar-refractivity contribution is -0.173. The molecule has 3 aromatic carbocycles. The van der Waals surface area contributed by atoms with Crippen molar-refractivity contribution in [3.8, 4) is 11.1 Å². The van der Waals surface area contributed by atoms with Gasteiger partial charge in [-0.2, -0.15) is 0 Å². The van der Waals surface area contributed by atoms with Gasteiger partial charge in [-0.1, -0.05) is 78.9 Å². The van der Waals surface area contributed by atoms with Gasteiger partial charge in [0.25, 0.3) is 0 Å². The number of benzene rings is 3. The van der Waals surface area contributed by atoms with Gasteiger partial charge in [-0.05, 0) is 37.5 Å². The molecular weight excluding hydrogens is 492 g/mol. The van der Waals surface area contributed by atoms with Gasteiger partial charge < -0.3 is 23.9 Å². The highest BCUT2D eigenvalue weighted by Gasteiger charge is 2.34. The molecule has 3 aromatic rings. The molecule has 0 radical (unpaired) electrons. The Morgan fingerprint density at radius 3 is 1.95 bits per heavy atom. The number of aldehydes is 1. The van der Waals surface area contributed by atoms with Crippen molar-refractivity contribution in [3.63, 3.8) is 0 Å². The summed E-state index contributed by atoms with van der Waals surface area (Å²) in [6, 6.07) is 25.0. The lowest BCUT2D eigenvalue weighted by Gasteiger charge is -2.37. The fraction of sp³-hybridized carbons (Fsp3) is 0.375. The first-order valence-electron chi connectivity index (χ1n) is 13.6. The molecule has 7 nitrogen and oxygen atoms in total. The van der Waals surface area contributed by atoms with Crippen LogP contribution in [0.15, 0.2) is 78.9 Å². The van der Waals surface area contributed by atoms with E-state index in [1.54, 1.807) is 7.05 Å². The average molecular weight is 531 g/mol. The third kappa shape index (κ3) is 6.56. The maximum Gasteiger partial charge on any atom is 0.411 e. The van der Waals surface area contributed by atoms with Gasteiger partial charge in [0.1, 0.15) is 12.3 Å². The number of carbonyl (C=O) groups is 2. The van der Waals surface area contributed by atoms with Crippen LogP contribution in [0, 0.1) is 0 Å². The summed E-state index contributed by atoms with van der Waals surface area (Å²) < 4.78 is 17.8. The molecule has 0 saturated carbocycles. The number of rotatable bonds is 13. The molecule has 7 heteroatoms. The predicted molar refractivity (Wildman–Crippen MR) is 151 cm³/mol. The van der Waals surface area contributed by atoms with Crippen LogP contribution in [0.2, 0.25) is 0 Å². The molecule has 0 saturated heterocycles. The van der Waals surface area contributed by atoms with E-state index in [9.17, 15) is 9.59 Å². The van der Waals surface area contributed by atoms with E-state index in [1.807, 2.05) is 99.6 Å². The van der Waals surface area contributed by atoms with Crippen molar-refractivity contribution in [1.82, 2.24) is 9.80 Å². The molecule has 0 unspecified atom stereocenters. The zero-order valence-corrected chi connectivity index (χ0v) is 23.2. The number of amides is 1. The summed E-state index contributed by atoms with van der Waals surface area (Å²) in [4.78, 5) is 29.3. The number of fused-ring (bicyclic) bond motifs is 3. The number of nitrogens with zero attached hydrogens (tertiary/aromatic N) is 2. The van der Waals surface area contributed by atoms with Crippen LogP contribution in [0.5, 0.6) is 0 Å². The Labute approximate surface area is 231 Å². The second-order valence-electron chi connectivity index (χ2n) is 9.69. The second kappa shape index (κ2) is 13.5. The summed E-state index contributed by atoms with van der Waals surface area (Å²) >= 11 is 0. The zero-order chi connectivity index (χ0) is 27.8. The molecule has 1 aliphatic rings. The molecule has 39 heavy (non-hydrogen) atoms. The molecular formula is C32H38N2O5. The summed E-state index contributed by atoms with van der Waals surface area (Å²) in [6.07, 6.45) is -0.750. The molecule has 0 aromatic heterocycles. The first-order chi connectivity index (χ1) is 19.0. The summed E-state index contributed by atoms with van der Waals surface area (Å²) in [6.45, 7) is 7.74. The van der Waals surface area contributed by atoms with Crippen LogP contribution in [0.25, 0.3) is 11.1 Å². The van der Waals surface area contributed by atoms with E-state index in [0.717, 1.165) is 34.1 Å². The molecule has 2 atom stereocenters. The van der Waals surface area contributed by atoms with Gasteiger partial charge in [0.15, 0.2) is 12.4 Å². The normalized spacial score (nSPS) is 14.1. The van der Waals surface area contributed by atoms with E-state index in [2.05, 4.69) is 4.90 Å². The fourth-order valence-electron chi connectivity index (χ4n) is 5.07. The van der Waals surface area contributed by atoms with Crippen molar-refractivity contribution in [1.29, 1.82) is 0 Å². The number of carbonyl (C=O) groups excluding carboxylic acids is 2. The van der Waals surface area contributed by atoms with E-state index in [1.165, 1.54) is 4.90 Å². The van der Waals surface area contributed by atoms with Crippen molar-refractivity contribution in [2.24, 2.45) is 0 Å². The Bertz CT molecular complexity index is 1180. The van der Waals surface area contributed by atoms with Gasteiger partial charge in [0.05, 0.1) is 6.04 Å². The first kappa shape index (κ1) is 28.5. The van der Waals surface area contributed by atoms with Crippen LogP contribution in [0.3, 0.4) is 0 Å². The average Bonchev–Trinajstić information content (AvgIpc) is 3.28. The lowest BCUT2D eigenvalue weighted by atomic mass is 10.1. The monoisotopic (exact) mass is 530 g/mol. The highest BCUT2D eigenvalue weighted by atomic mass is 16.7. The van der Waals surface area contributed by atoms with Crippen molar-refractivity contribution in [2.75, 3.05) is 26.8 Å². The molecule has 0 N–H and O–H groups in total. The number of hydrogen-bond acceptors (Lipinski definition) is 6. The van der Waals surface area contributed by atoms with E-state index < -0.39 is 24.5 Å². The molecule has 0 spiro atoms. The number of ether oxygens (including phenoxy) is 3. The summed E-state index contributed by atoms with van der Waals surface area (Å²) in [5.41, 5.74) is 5.09. The minimum Gasteiger partial charge on any atom is -0.436 e. The molecule has 4 rings (SSSR count). The maximum absolute atomic E-state index is 13.4. The van der Waals surface area contributed by atoms with Gasteiger partial charge in [-0.3, -0.25) is 4.90 Å². The third-order valence-corrected chi connectivity index (χ3v) is 7.22. The zero-order valence-electron chi connectivity index (χ0n) is 23.2. The Morgan fingerprint density at radius 1 is 0.872 bits per heavy atom. The summed E-state index contributed by atoms with van der Waals surface area (Å²) in [5.74, 6) is 0. The fourth-order valence-corrected chi connectivity index (χ4v) is 5.07. The molecule has 0 fully saturated rings. The summed E-state index contributed by atoms with van der Waals surface area (Å²) in [7, 11) is 1.61. The molecule has 1 amide bonds.